The van der Waals surface area contributed by atoms with Gasteiger partial charge in [-0.25, -0.2) is 8.42 Å². The Labute approximate surface area is 153 Å². The molecule has 1 aliphatic heterocycles. The normalized spacial score (nSPS) is 16.2. The molecule has 1 aromatic heterocycles. The molecular formula is C20H20N2O3S. The molecule has 0 fully saturated rings. The zero-order valence-corrected chi connectivity index (χ0v) is 15.4. The molecule has 5 nitrogen and oxygen atoms in total. The van der Waals surface area contributed by atoms with Crippen LogP contribution in [0.25, 0.3) is 5.69 Å². The summed E-state index contributed by atoms with van der Waals surface area (Å²) in [7, 11) is -3.79. The number of aromatic hydroxyl groups is 1. The van der Waals surface area contributed by atoms with Crippen molar-refractivity contribution in [1.29, 1.82) is 0 Å². The fourth-order valence-electron chi connectivity index (χ4n) is 3.60. The second-order valence-corrected chi connectivity index (χ2v) is 8.28. The Morgan fingerprint density at radius 3 is 2.46 bits per heavy atom. The fraction of sp³-hybridized carbons (Fsp3) is 0.200. The van der Waals surface area contributed by atoms with Crippen molar-refractivity contribution in [3.8, 4) is 11.4 Å². The first kappa shape index (κ1) is 16.7. The predicted octanol–water partition coefficient (Wildman–Crippen LogP) is 4.15. The highest BCUT2D eigenvalue weighted by molar-refractivity contribution is 7.92. The molecule has 0 saturated carbocycles. The number of phenolic OH excluding ortho intramolecular Hbond substituents is 1. The highest BCUT2D eigenvalue weighted by Crippen LogP contribution is 2.43. The van der Waals surface area contributed by atoms with Crippen LogP contribution in [0.5, 0.6) is 5.75 Å². The summed E-state index contributed by atoms with van der Waals surface area (Å²) in [5, 5.41) is 9.77. The number of phenols is 1. The van der Waals surface area contributed by atoms with Crippen molar-refractivity contribution in [3.05, 3.63) is 72.1 Å². The summed E-state index contributed by atoms with van der Waals surface area (Å²) >= 11 is 0. The lowest BCUT2D eigenvalue weighted by Crippen LogP contribution is -2.39. The molecule has 1 atom stereocenters. The van der Waals surface area contributed by atoms with Gasteiger partial charge in [0.25, 0.3) is 10.0 Å². The van der Waals surface area contributed by atoms with E-state index < -0.39 is 10.0 Å². The molecule has 6 heteroatoms. The molecule has 1 aliphatic rings. The molecule has 2 heterocycles. The van der Waals surface area contributed by atoms with Crippen molar-refractivity contribution >= 4 is 15.7 Å². The number of aryl methyl sites for hydroxylation is 1. The zero-order valence-electron chi connectivity index (χ0n) is 14.6. The highest BCUT2D eigenvalue weighted by Gasteiger charge is 2.38. The van der Waals surface area contributed by atoms with Gasteiger partial charge >= 0.3 is 0 Å². The Bertz CT molecular complexity index is 1090. The summed E-state index contributed by atoms with van der Waals surface area (Å²) in [4.78, 5) is 0.182. The molecule has 26 heavy (non-hydrogen) atoms. The van der Waals surface area contributed by atoms with E-state index in [0.29, 0.717) is 17.7 Å². The number of para-hydroxylation sites is 2. The maximum Gasteiger partial charge on any atom is 0.265 e. The lowest BCUT2D eigenvalue weighted by molar-refractivity contribution is 0.470. The molecule has 134 valence electrons. The van der Waals surface area contributed by atoms with Crippen LogP contribution in [-0.2, 0) is 10.0 Å². The maximum atomic E-state index is 13.5. The third kappa shape index (κ3) is 2.33. The van der Waals surface area contributed by atoms with E-state index in [1.807, 2.05) is 49.5 Å². The lowest BCUT2D eigenvalue weighted by atomic mass is 10.1. The van der Waals surface area contributed by atoms with Gasteiger partial charge in [-0.15, -0.1) is 0 Å². The van der Waals surface area contributed by atoms with Crippen LogP contribution in [-0.4, -0.2) is 18.1 Å². The minimum Gasteiger partial charge on any atom is -0.508 e. The molecule has 0 aliphatic carbocycles. The number of rotatable bonds is 3. The summed E-state index contributed by atoms with van der Waals surface area (Å²) in [5.41, 5.74) is 2.99. The molecule has 0 saturated heterocycles. The van der Waals surface area contributed by atoms with Crippen LogP contribution in [0.4, 0.5) is 5.69 Å². The summed E-state index contributed by atoms with van der Waals surface area (Å²) in [5.74, 6) is 0.0870. The van der Waals surface area contributed by atoms with Gasteiger partial charge in [-0.1, -0.05) is 19.1 Å². The summed E-state index contributed by atoms with van der Waals surface area (Å²) in [6.45, 7) is 3.68. The van der Waals surface area contributed by atoms with Crippen molar-refractivity contribution < 1.29 is 13.5 Å². The van der Waals surface area contributed by atoms with E-state index in [4.69, 9.17) is 0 Å². The minimum atomic E-state index is -3.79. The van der Waals surface area contributed by atoms with Crippen molar-refractivity contribution in [2.45, 2.75) is 31.2 Å². The van der Waals surface area contributed by atoms with E-state index in [1.54, 1.807) is 6.92 Å². The van der Waals surface area contributed by atoms with Crippen LogP contribution >= 0.6 is 0 Å². The number of sulfonamides is 1. The second-order valence-electron chi connectivity index (χ2n) is 6.46. The van der Waals surface area contributed by atoms with Crippen LogP contribution in [0.2, 0.25) is 0 Å². The minimum absolute atomic E-state index is 0.0870. The number of aromatic nitrogens is 1. The quantitative estimate of drug-likeness (QED) is 0.755. The molecule has 0 radical (unpaired) electrons. The molecule has 0 amide bonds. The van der Waals surface area contributed by atoms with E-state index in [0.717, 1.165) is 11.4 Å². The van der Waals surface area contributed by atoms with Gasteiger partial charge < -0.3 is 9.67 Å². The summed E-state index contributed by atoms with van der Waals surface area (Å²) < 4.78 is 30.7. The Hall–Kier alpha value is -2.73. The van der Waals surface area contributed by atoms with Gasteiger partial charge in [-0.2, -0.15) is 0 Å². The molecule has 3 aromatic rings. The van der Waals surface area contributed by atoms with Crippen molar-refractivity contribution in [2.75, 3.05) is 4.31 Å². The van der Waals surface area contributed by atoms with Crippen LogP contribution in [0.1, 0.15) is 30.6 Å². The average Bonchev–Trinajstić information content (AvgIpc) is 3.12. The standard InChI is InChI=1S/C20H20N2O3S/c1-3-16-17-9-6-12-21(17)18-7-4-5-8-19(18)22(16)26(24,25)15-10-11-20(23)14(2)13-15/h4-13,16,23H,3H2,1-2H3. The smallest absolute Gasteiger partial charge is 0.265 e. The first-order valence-electron chi connectivity index (χ1n) is 8.56. The topological polar surface area (TPSA) is 62.5 Å². The molecule has 4 rings (SSSR count). The highest BCUT2D eigenvalue weighted by atomic mass is 32.2. The largest absolute Gasteiger partial charge is 0.508 e. The first-order chi connectivity index (χ1) is 12.4. The van der Waals surface area contributed by atoms with Crippen molar-refractivity contribution in [3.63, 3.8) is 0 Å². The molecule has 1 N–H and O–H groups in total. The molecule has 2 aromatic carbocycles. The van der Waals surface area contributed by atoms with E-state index >= 15 is 0 Å². The number of fused-ring (bicyclic) bond motifs is 3. The zero-order chi connectivity index (χ0) is 18.5. The number of nitrogens with zero attached hydrogens (tertiary/aromatic N) is 2. The molecule has 1 unspecified atom stereocenters. The van der Waals surface area contributed by atoms with Crippen LogP contribution in [0, 0.1) is 6.92 Å². The number of benzene rings is 2. The van der Waals surface area contributed by atoms with E-state index in [2.05, 4.69) is 4.57 Å². The van der Waals surface area contributed by atoms with Gasteiger partial charge in [0.2, 0.25) is 0 Å². The fourth-order valence-corrected chi connectivity index (χ4v) is 5.40. The first-order valence-corrected chi connectivity index (χ1v) is 10.00. The molecule has 0 bridgehead atoms. The van der Waals surface area contributed by atoms with Crippen LogP contribution in [0.3, 0.4) is 0 Å². The Balaban J connectivity index is 1.96. The Kier molecular flexibility index (Phi) is 3.80. The van der Waals surface area contributed by atoms with E-state index in [-0.39, 0.29) is 16.7 Å². The third-order valence-corrected chi connectivity index (χ3v) is 6.71. The maximum absolute atomic E-state index is 13.5. The molecule has 0 spiro atoms. The van der Waals surface area contributed by atoms with Crippen molar-refractivity contribution in [1.82, 2.24) is 4.57 Å². The van der Waals surface area contributed by atoms with Gasteiger partial charge in [0.05, 0.1) is 22.3 Å². The van der Waals surface area contributed by atoms with Gasteiger partial charge in [0.1, 0.15) is 5.75 Å². The number of hydrogen-bond acceptors (Lipinski definition) is 3. The SMILES string of the molecule is CCC1c2cccn2-c2ccccc2N1S(=O)(=O)c1ccc(O)c(C)c1. The van der Waals surface area contributed by atoms with Gasteiger partial charge in [-0.3, -0.25) is 4.31 Å². The van der Waals surface area contributed by atoms with Crippen LogP contribution < -0.4 is 4.31 Å². The Morgan fingerprint density at radius 1 is 1.04 bits per heavy atom. The van der Waals surface area contributed by atoms with E-state index in [9.17, 15) is 13.5 Å². The predicted molar refractivity (Wildman–Crippen MR) is 101 cm³/mol. The molecular weight excluding hydrogens is 348 g/mol. The average molecular weight is 368 g/mol. The van der Waals surface area contributed by atoms with Gasteiger partial charge in [0, 0.05) is 11.9 Å². The Morgan fingerprint density at radius 2 is 1.77 bits per heavy atom. The van der Waals surface area contributed by atoms with Gasteiger partial charge in [0.15, 0.2) is 0 Å². The summed E-state index contributed by atoms with van der Waals surface area (Å²) in [6, 6.07) is 15.6. The summed E-state index contributed by atoms with van der Waals surface area (Å²) in [6.07, 6.45) is 2.61. The number of hydrogen-bond donors (Lipinski definition) is 1. The number of anilines is 1. The van der Waals surface area contributed by atoms with E-state index in [1.165, 1.54) is 22.5 Å². The van der Waals surface area contributed by atoms with Crippen molar-refractivity contribution in [2.24, 2.45) is 0 Å². The van der Waals surface area contributed by atoms with Gasteiger partial charge in [-0.05, 0) is 61.4 Å². The third-order valence-electron chi connectivity index (χ3n) is 4.90. The second kappa shape index (κ2) is 5.92. The monoisotopic (exact) mass is 368 g/mol. The lowest BCUT2D eigenvalue weighted by Gasteiger charge is -2.38. The van der Waals surface area contributed by atoms with Crippen LogP contribution in [0.15, 0.2) is 65.7 Å².